The Morgan fingerprint density at radius 2 is 1.40 bits per heavy atom. The lowest BCUT2D eigenvalue weighted by molar-refractivity contribution is -0.137. The van der Waals surface area contributed by atoms with Crippen molar-refractivity contribution in [2.24, 2.45) is 0 Å². The Bertz CT molecular complexity index is 500. The van der Waals surface area contributed by atoms with Gasteiger partial charge in [0.15, 0.2) is 0 Å². The van der Waals surface area contributed by atoms with Gasteiger partial charge in [-0.3, -0.25) is 4.79 Å². The summed E-state index contributed by atoms with van der Waals surface area (Å²) in [5.41, 5.74) is 2.23. The second kappa shape index (κ2) is 7.11. The lowest BCUT2D eigenvalue weighted by Crippen LogP contribution is -2.16. The second-order valence-electron chi connectivity index (χ2n) is 4.75. The summed E-state index contributed by atoms with van der Waals surface area (Å²) in [6.45, 7) is 0. The molecule has 1 N–H and O–H groups in total. The number of alkyl halides is 1. The lowest BCUT2D eigenvalue weighted by Gasteiger charge is -2.23. The van der Waals surface area contributed by atoms with Gasteiger partial charge in [-0.2, -0.15) is 0 Å². The van der Waals surface area contributed by atoms with E-state index in [4.69, 9.17) is 16.7 Å². The van der Waals surface area contributed by atoms with Crippen molar-refractivity contribution in [3.8, 4) is 0 Å². The Morgan fingerprint density at radius 1 is 0.950 bits per heavy atom. The van der Waals surface area contributed by atoms with Gasteiger partial charge in [-0.1, -0.05) is 60.7 Å². The van der Waals surface area contributed by atoms with E-state index in [0.29, 0.717) is 6.42 Å². The minimum Gasteiger partial charge on any atom is -0.481 e. The number of hydrogen-bond acceptors (Lipinski definition) is 1. The van der Waals surface area contributed by atoms with Crippen LogP contribution in [0.5, 0.6) is 0 Å². The molecular formula is C17H17ClO2. The first-order chi connectivity index (χ1) is 9.68. The smallest absolute Gasteiger partial charge is 0.303 e. The van der Waals surface area contributed by atoms with Crippen molar-refractivity contribution in [2.75, 3.05) is 0 Å². The Labute approximate surface area is 124 Å². The lowest BCUT2D eigenvalue weighted by atomic mass is 9.86. The first-order valence-corrected chi connectivity index (χ1v) is 7.08. The molecule has 0 aliphatic carbocycles. The van der Waals surface area contributed by atoms with Crippen molar-refractivity contribution in [3.63, 3.8) is 0 Å². The molecule has 0 spiro atoms. The molecule has 1 atom stereocenters. The van der Waals surface area contributed by atoms with Crippen LogP contribution < -0.4 is 0 Å². The number of carboxylic acid groups (broad SMARTS) is 1. The van der Waals surface area contributed by atoms with Gasteiger partial charge < -0.3 is 5.11 Å². The Hall–Kier alpha value is -1.80. The van der Waals surface area contributed by atoms with Crippen molar-refractivity contribution in [1.29, 1.82) is 0 Å². The molecule has 2 rings (SSSR count). The van der Waals surface area contributed by atoms with Gasteiger partial charge in [-0.25, -0.2) is 0 Å². The highest BCUT2D eigenvalue weighted by Crippen LogP contribution is 2.33. The van der Waals surface area contributed by atoms with Gasteiger partial charge in [-0.15, -0.1) is 11.6 Å². The van der Waals surface area contributed by atoms with E-state index in [1.54, 1.807) is 0 Å². The predicted molar refractivity (Wildman–Crippen MR) is 81.2 cm³/mol. The molecule has 3 heteroatoms. The highest BCUT2D eigenvalue weighted by Gasteiger charge is 2.23. The molecule has 1 unspecified atom stereocenters. The van der Waals surface area contributed by atoms with E-state index in [-0.39, 0.29) is 17.7 Å². The quantitative estimate of drug-likeness (QED) is 0.805. The van der Waals surface area contributed by atoms with Crippen LogP contribution in [0.2, 0.25) is 0 Å². The molecule has 20 heavy (non-hydrogen) atoms. The molecule has 0 aromatic heterocycles. The maximum absolute atomic E-state index is 10.7. The Balaban J connectivity index is 2.27. The molecule has 0 saturated carbocycles. The van der Waals surface area contributed by atoms with E-state index < -0.39 is 5.97 Å². The van der Waals surface area contributed by atoms with Crippen LogP contribution in [-0.4, -0.2) is 16.5 Å². The van der Waals surface area contributed by atoms with Crippen LogP contribution in [0.1, 0.15) is 29.9 Å². The summed E-state index contributed by atoms with van der Waals surface area (Å²) in [7, 11) is 0. The number of halogens is 1. The molecule has 2 aromatic carbocycles. The summed E-state index contributed by atoms with van der Waals surface area (Å²) in [6.07, 6.45) is 0.537. The third kappa shape index (κ3) is 3.84. The monoisotopic (exact) mass is 288 g/mol. The molecule has 0 saturated heterocycles. The molecule has 2 nitrogen and oxygen atoms in total. The molecule has 0 amide bonds. The number of rotatable bonds is 6. The van der Waals surface area contributed by atoms with Gasteiger partial charge in [-0.05, 0) is 17.5 Å². The SMILES string of the molecule is O=C(O)CCC(Cl)C(c1ccccc1)c1ccccc1. The van der Waals surface area contributed by atoms with Crippen LogP contribution in [0.25, 0.3) is 0 Å². The van der Waals surface area contributed by atoms with Gasteiger partial charge in [0.1, 0.15) is 0 Å². The summed E-state index contributed by atoms with van der Waals surface area (Å²) in [4.78, 5) is 10.7. The Kier molecular flexibility index (Phi) is 5.19. The van der Waals surface area contributed by atoms with Crippen LogP contribution >= 0.6 is 11.6 Å². The predicted octanol–water partition coefficient (Wildman–Crippen LogP) is 4.29. The zero-order valence-corrected chi connectivity index (χ0v) is 11.8. The molecule has 0 bridgehead atoms. The number of hydrogen-bond donors (Lipinski definition) is 1. The average Bonchev–Trinajstić information content (AvgIpc) is 2.48. The van der Waals surface area contributed by atoms with E-state index >= 15 is 0 Å². The molecular weight excluding hydrogens is 272 g/mol. The molecule has 0 radical (unpaired) electrons. The minimum absolute atomic E-state index is 0.0124. The molecule has 104 valence electrons. The standard InChI is InChI=1S/C17H17ClO2/c18-15(11-12-16(19)20)17(13-7-3-1-4-8-13)14-9-5-2-6-10-14/h1-10,15,17H,11-12H2,(H,19,20). The van der Waals surface area contributed by atoms with Gasteiger partial charge >= 0.3 is 5.97 Å². The summed E-state index contributed by atoms with van der Waals surface area (Å²) >= 11 is 6.50. The van der Waals surface area contributed by atoms with E-state index in [0.717, 1.165) is 11.1 Å². The zero-order chi connectivity index (χ0) is 14.4. The van der Waals surface area contributed by atoms with Gasteiger partial charge in [0, 0.05) is 17.7 Å². The maximum atomic E-state index is 10.7. The van der Waals surface area contributed by atoms with E-state index in [1.165, 1.54) is 0 Å². The fourth-order valence-electron chi connectivity index (χ4n) is 2.36. The van der Waals surface area contributed by atoms with Crippen molar-refractivity contribution < 1.29 is 9.90 Å². The Morgan fingerprint density at radius 3 is 1.80 bits per heavy atom. The van der Waals surface area contributed by atoms with E-state index in [9.17, 15) is 4.79 Å². The van der Waals surface area contributed by atoms with Crippen LogP contribution in [0.4, 0.5) is 0 Å². The number of carboxylic acids is 1. The first kappa shape index (κ1) is 14.6. The molecule has 0 heterocycles. The third-order valence-electron chi connectivity index (χ3n) is 3.31. The molecule has 0 aliphatic rings. The minimum atomic E-state index is -0.810. The fourth-order valence-corrected chi connectivity index (χ4v) is 2.76. The van der Waals surface area contributed by atoms with Crippen LogP contribution in [0.15, 0.2) is 60.7 Å². The third-order valence-corrected chi connectivity index (χ3v) is 3.78. The average molecular weight is 289 g/mol. The highest BCUT2D eigenvalue weighted by molar-refractivity contribution is 6.21. The number of carbonyl (C=O) groups is 1. The van der Waals surface area contributed by atoms with Crippen molar-refractivity contribution in [3.05, 3.63) is 71.8 Å². The number of aliphatic carboxylic acids is 1. The molecule has 0 fully saturated rings. The van der Waals surface area contributed by atoms with E-state index in [2.05, 4.69) is 0 Å². The summed E-state index contributed by atoms with van der Waals surface area (Å²) < 4.78 is 0. The van der Waals surface area contributed by atoms with Gasteiger partial charge in [0.05, 0.1) is 0 Å². The summed E-state index contributed by atoms with van der Waals surface area (Å²) in [5, 5.41) is 8.59. The number of benzene rings is 2. The van der Waals surface area contributed by atoms with Crippen LogP contribution in [0, 0.1) is 0 Å². The van der Waals surface area contributed by atoms with Crippen molar-refractivity contribution in [2.45, 2.75) is 24.1 Å². The summed E-state index contributed by atoms with van der Waals surface area (Å²) in [5.74, 6) is -0.797. The maximum Gasteiger partial charge on any atom is 0.303 e. The molecule has 2 aromatic rings. The summed E-state index contributed by atoms with van der Waals surface area (Å²) in [6, 6.07) is 20.0. The van der Waals surface area contributed by atoms with Gasteiger partial charge in [0.25, 0.3) is 0 Å². The zero-order valence-electron chi connectivity index (χ0n) is 11.1. The van der Waals surface area contributed by atoms with Crippen LogP contribution in [0.3, 0.4) is 0 Å². The first-order valence-electron chi connectivity index (χ1n) is 6.64. The van der Waals surface area contributed by atoms with Crippen LogP contribution in [-0.2, 0) is 4.79 Å². The van der Waals surface area contributed by atoms with Gasteiger partial charge in [0.2, 0.25) is 0 Å². The fraction of sp³-hybridized carbons (Fsp3) is 0.235. The largest absolute Gasteiger partial charge is 0.481 e. The van der Waals surface area contributed by atoms with Crippen molar-refractivity contribution >= 4 is 17.6 Å². The second-order valence-corrected chi connectivity index (χ2v) is 5.31. The normalized spacial score (nSPS) is 12.3. The highest BCUT2D eigenvalue weighted by atomic mass is 35.5. The topological polar surface area (TPSA) is 37.3 Å². The van der Waals surface area contributed by atoms with E-state index in [1.807, 2.05) is 60.7 Å². The molecule has 0 aliphatic heterocycles. The van der Waals surface area contributed by atoms with Crippen molar-refractivity contribution in [1.82, 2.24) is 0 Å².